The van der Waals surface area contributed by atoms with Crippen molar-refractivity contribution in [3.63, 3.8) is 0 Å². The van der Waals surface area contributed by atoms with E-state index >= 15 is 0 Å². The van der Waals surface area contributed by atoms with Crippen LogP contribution in [0.3, 0.4) is 0 Å². The van der Waals surface area contributed by atoms with Crippen LogP contribution < -0.4 is 19.5 Å². The second-order valence-electron chi connectivity index (χ2n) is 9.75. The average molecular weight is 510 g/mol. The number of rotatable bonds is 10. The fourth-order valence-electron chi connectivity index (χ4n) is 5.27. The zero-order chi connectivity index (χ0) is 26.0. The third kappa shape index (κ3) is 7.38. The molecule has 8 nitrogen and oxygen atoms in total. The van der Waals surface area contributed by atoms with Gasteiger partial charge in [-0.2, -0.15) is 0 Å². The number of benzene rings is 2. The van der Waals surface area contributed by atoms with Crippen LogP contribution in [0.25, 0.3) is 0 Å². The predicted octanol–water partition coefficient (Wildman–Crippen LogP) is 3.14. The standard InChI is InChI=1S/C29H39N3O5/c1-35-26-9-8-22(20-27(26)36-2)10-15-30-29(34)23-11-16-31(17-12-23)24-13-18-32(19-14-24)28(33)21-37-25-6-4-3-5-7-25/h3-9,20,23-24H,10-19,21H2,1-2H3,(H,30,34). The predicted molar refractivity (Wildman–Crippen MR) is 142 cm³/mol. The van der Waals surface area contributed by atoms with Crippen molar-refractivity contribution in [2.24, 2.45) is 5.92 Å². The van der Waals surface area contributed by atoms with Gasteiger partial charge >= 0.3 is 0 Å². The molecule has 200 valence electrons. The Morgan fingerprint density at radius 3 is 2.27 bits per heavy atom. The number of piperidine rings is 2. The third-order valence-corrected chi connectivity index (χ3v) is 7.50. The highest BCUT2D eigenvalue weighted by Crippen LogP contribution is 2.28. The first kappa shape index (κ1) is 26.8. The third-order valence-electron chi connectivity index (χ3n) is 7.50. The maximum absolute atomic E-state index is 12.7. The van der Waals surface area contributed by atoms with Gasteiger partial charge in [0.15, 0.2) is 18.1 Å². The number of methoxy groups -OCH3 is 2. The SMILES string of the molecule is COc1ccc(CCNC(=O)C2CCN(C3CCN(C(=O)COc4ccccc4)CC3)CC2)cc1OC. The van der Waals surface area contributed by atoms with Gasteiger partial charge in [0.25, 0.3) is 5.91 Å². The molecule has 8 heteroatoms. The van der Waals surface area contributed by atoms with E-state index in [1.165, 1.54) is 0 Å². The molecule has 2 aromatic carbocycles. The quantitative estimate of drug-likeness (QED) is 0.530. The minimum absolute atomic E-state index is 0.0470. The second-order valence-corrected chi connectivity index (χ2v) is 9.75. The number of hydrogen-bond acceptors (Lipinski definition) is 6. The van der Waals surface area contributed by atoms with Crippen LogP contribution in [0, 0.1) is 5.92 Å². The molecule has 0 saturated carbocycles. The summed E-state index contributed by atoms with van der Waals surface area (Å²) in [5.74, 6) is 2.40. The van der Waals surface area contributed by atoms with E-state index < -0.39 is 0 Å². The Bertz CT molecular complexity index is 1020. The van der Waals surface area contributed by atoms with Crippen LogP contribution in [-0.4, -0.2) is 81.2 Å². The summed E-state index contributed by atoms with van der Waals surface area (Å²) in [5.41, 5.74) is 1.10. The second kappa shape index (κ2) is 13.3. The molecular formula is C29H39N3O5. The van der Waals surface area contributed by atoms with Crippen molar-refractivity contribution in [1.82, 2.24) is 15.1 Å². The van der Waals surface area contributed by atoms with Crippen molar-refractivity contribution in [2.45, 2.75) is 38.1 Å². The molecule has 0 radical (unpaired) electrons. The molecule has 1 N–H and O–H groups in total. The van der Waals surface area contributed by atoms with Crippen molar-refractivity contribution in [3.8, 4) is 17.2 Å². The van der Waals surface area contributed by atoms with Crippen LogP contribution in [0.2, 0.25) is 0 Å². The summed E-state index contributed by atoms with van der Waals surface area (Å²) in [6.45, 7) is 4.08. The van der Waals surface area contributed by atoms with Crippen molar-refractivity contribution >= 4 is 11.8 Å². The van der Waals surface area contributed by atoms with Gasteiger partial charge < -0.3 is 29.3 Å². The summed E-state index contributed by atoms with van der Waals surface area (Å²) in [7, 11) is 3.25. The lowest BCUT2D eigenvalue weighted by molar-refractivity contribution is -0.135. The van der Waals surface area contributed by atoms with E-state index in [9.17, 15) is 9.59 Å². The van der Waals surface area contributed by atoms with Gasteiger partial charge in [-0.05, 0) is 75.0 Å². The molecule has 2 saturated heterocycles. The molecule has 0 aliphatic carbocycles. The Kier molecular flexibility index (Phi) is 9.65. The first-order valence-electron chi connectivity index (χ1n) is 13.3. The largest absolute Gasteiger partial charge is 0.493 e. The van der Waals surface area contributed by atoms with Gasteiger partial charge in [-0.3, -0.25) is 9.59 Å². The Morgan fingerprint density at radius 2 is 1.59 bits per heavy atom. The van der Waals surface area contributed by atoms with Crippen molar-refractivity contribution in [3.05, 3.63) is 54.1 Å². The highest BCUT2D eigenvalue weighted by molar-refractivity contribution is 5.79. The smallest absolute Gasteiger partial charge is 0.260 e. The molecular weight excluding hydrogens is 470 g/mol. The van der Waals surface area contributed by atoms with Crippen LogP contribution in [0.4, 0.5) is 0 Å². The van der Waals surface area contributed by atoms with E-state index in [1.54, 1.807) is 14.2 Å². The number of hydrogen-bond donors (Lipinski definition) is 1. The lowest BCUT2D eigenvalue weighted by Gasteiger charge is -2.41. The lowest BCUT2D eigenvalue weighted by atomic mass is 9.92. The zero-order valence-electron chi connectivity index (χ0n) is 22.0. The molecule has 0 spiro atoms. The maximum atomic E-state index is 12.7. The van der Waals surface area contributed by atoms with Crippen LogP contribution in [0.15, 0.2) is 48.5 Å². The molecule has 2 amide bonds. The monoisotopic (exact) mass is 509 g/mol. The molecule has 0 atom stereocenters. The molecule has 0 bridgehead atoms. The molecule has 2 aliphatic rings. The maximum Gasteiger partial charge on any atom is 0.260 e. The molecule has 4 rings (SSSR count). The highest BCUT2D eigenvalue weighted by atomic mass is 16.5. The number of carbonyl (C=O) groups excluding carboxylic acids is 2. The summed E-state index contributed by atoms with van der Waals surface area (Å²) >= 11 is 0. The molecule has 37 heavy (non-hydrogen) atoms. The van der Waals surface area contributed by atoms with Gasteiger partial charge in [0.1, 0.15) is 5.75 Å². The van der Waals surface area contributed by atoms with Crippen molar-refractivity contribution < 1.29 is 23.8 Å². The topological polar surface area (TPSA) is 80.3 Å². The number of para-hydroxylation sites is 1. The Labute approximate surface area is 219 Å². The Balaban J connectivity index is 1.13. The molecule has 2 heterocycles. The van der Waals surface area contributed by atoms with Gasteiger partial charge in [-0.15, -0.1) is 0 Å². The first-order valence-corrected chi connectivity index (χ1v) is 13.3. The van der Waals surface area contributed by atoms with Crippen LogP contribution >= 0.6 is 0 Å². The summed E-state index contributed by atoms with van der Waals surface area (Å²) in [6, 6.07) is 15.8. The van der Waals surface area contributed by atoms with E-state index in [-0.39, 0.29) is 24.3 Å². The van der Waals surface area contributed by atoms with Gasteiger partial charge in [0.05, 0.1) is 14.2 Å². The molecule has 2 aliphatic heterocycles. The summed E-state index contributed by atoms with van der Waals surface area (Å²) < 4.78 is 16.3. The lowest BCUT2D eigenvalue weighted by Crippen LogP contribution is -2.50. The minimum Gasteiger partial charge on any atom is -0.493 e. The van der Waals surface area contributed by atoms with Crippen molar-refractivity contribution in [1.29, 1.82) is 0 Å². The molecule has 2 aromatic rings. The van der Waals surface area contributed by atoms with Crippen LogP contribution in [0.1, 0.15) is 31.2 Å². The number of ether oxygens (including phenoxy) is 3. The van der Waals surface area contributed by atoms with Crippen LogP contribution in [0.5, 0.6) is 17.2 Å². The fourth-order valence-corrected chi connectivity index (χ4v) is 5.27. The number of likely N-dealkylation sites (tertiary alicyclic amines) is 2. The number of nitrogens with one attached hydrogen (secondary N) is 1. The van der Waals surface area contributed by atoms with Crippen LogP contribution in [-0.2, 0) is 16.0 Å². The first-order chi connectivity index (χ1) is 18.1. The van der Waals surface area contributed by atoms with Gasteiger partial charge in [-0.1, -0.05) is 24.3 Å². The summed E-state index contributed by atoms with van der Waals surface area (Å²) in [5, 5.41) is 3.12. The Hall–Kier alpha value is -3.26. The number of amides is 2. The van der Waals surface area contributed by atoms with E-state index in [0.717, 1.165) is 69.6 Å². The summed E-state index contributed by atoms with van der Waals surface area (Å²) in [4.78, 5) is 29.7. The number of carbonyl (C=O) groups is 2. The minimum atomic E-state index is 0.0470. The Morgan fingerprint density at radius 1 is 0.892 bits per heavy atom. The van der Waals surface area contributed by atoms with Gasteiger partial charge in [0.2, 0.25) is 5.91 Å². The van der Waals surface area contributed by atoms with Crippen molar-refractivity contribution in [2.75, 3.05) is 53.6 Å². The van der Waals surface area contributed by atoms with E-state index in [4.69, 9.17) is 14.2 Å². The fraction of sp³-hybridized carbons (Fsp3) is 0.517. The molecule has 2 fully saturated rings. The van der Waals surface area contributed by atoms with E-state index in [2.05, 4.69) is 10.2 Å². The van der Waals surface area contributed by atoms with E-state index in [1.807, 2.05) is 53.4 Å². The highest BCUT2D eigenvalue weighted by Gasteiger charge is 2.31. The van der Waals surface area contributed by atoms with E-state index in [0.29, 0.717) is 24.1 Å². The normalized spacial score (nSPS) is 17.3. The average Bonchev–Trinajstić information content (AvgIpc) is 2.96. The zero-order valence-corrected chi connectivity index (χ0v) is 22.0. The van der Waals surface area contributed by atoms with Gasteiger partial charge in [0, 0.05) is 31.6 Å². The molecule has 0 aromatic heterocycles. The molecule has 0 unspecified atom stereocenters. The number of nitrogens with zero attached hydrogens (tertiary/aromatic N) is 2. The summed E-state index contributed by atoms with van der Waals surface area (Å²) in [6.07, 6.45) is 4.45. The van der Waals surface area contributed by atoms with Gasteiger partial charge in [-0.25, -0.2) is 0 Å².